The molecular formula is C20H24N2O2. The standard InChI is InChI=1S/C20H24N2O2/c23-14-15-9-10-21(11-15)12-16(24)13-22-19-7-3-1-5-17(19)18-6-2-4-8-20(18)22/h1-8,15-16,23-24H,9-14H2. The second kappa shape index (κ2) is 6.55. The lowest BCUT2D eigenvalue weighted by molar-refractivity contribution is 0.107. The van der Waals surface area contributed by atoms with Crippen molar-refractivity contribution in [2.75, 3.05) is 26.2 Å². The summed E-state index contributed by atoms with van der Waals surface area (Å²) >= 11 is 0. The number of hydrogen-bond donors (Lipinski definition) is 2. The Bertz CT molecular complexity index is 789. The molecule has 3 aromatic rings. The predicted octanol–water partition coefficient (Wildman–Crippen LogP) is 2.47. The SMILES string of the molecule is OCC1CCN(CC(O)Cn2c3ccccc3c3ccccc32)C1. The van der Waals surface area contributed by atoms with Crippen molar-refractivity contribution in [2.45, 2.75) is 19.1 Å². The van der Waals surface area contributed by atoms with Crippen LogP contribution in [0.4, 0.5) is 0 Å². The summed E-state index contributed by atoms with van der Waals surface area (Å²) in [6.07, 6.45) is 0.611. The zero-order chi connectivity index (χ0) is 16.5. The van der Waals surface area contributed by atoms with Crippen molar-refractivity contribution < 1.29 is 10.2 Å². The molecule has 2 N–H and O–H groups in total. The van der Waals surface area contributed by atoms with Gasteiger partial charge in [0.25, 0.3) is 0 Å². The minimum absolute atomic E-state index is 0.249. The van der Waals surface area contributed by atoms with Gasteiger partial charge in [-0.05, 0) is 31.0 Å². The summed E-state index contributed by atoms with van der Waals surface area (Å²) in [5.41, 5.74) is 2.35. The van der Waals surface area contributed by atoms with Crippen LogP contribution in [0.1, 0.15) is 6.42 Å². The molecule has 4 rings (SSSR count). The van der Waals surface area contributed by atoms with Crippen LogP contribution in [-0.2, 0) is 6.54 Å². The summed E-state index contributed by atoms with van der Waals surface area (Å²) in [6.45, 7) is 3.36. The Labute approximate surface area is 141 Å². The number of hydrogen-bond acceptors (Lipinski definition) is 3. The molecule has 1 aliphatic heterocycles. The molecule has 2 aromatic carbocycles. The average Bonchev–Trinajstić information content (AvgIpc) is 3.19. The smallest absolute Gasteiger partial charge is 0.0845 e. The minimum atomic E-state index is -0.415. The molecule has 126 valence electrons. The van der Waals surface area contributed by atoms with Gasteiger partial charge in [0.15, 0.2) is 0 Å². The lowest BCUT2D eigenvalue weighted by Gasteiger charge is -2.21. The highest BCUT2D eigenvalue weighted by molar-refractivity contribution is 6.07. The van der Waals surface area contributed by atoms with Gasteiger partial charge in [-0.2, -0.15) is 0 Å². The van der Waals surface area contributed by atoms with Crippen LogP contribution in [-0.4, -0.2) is 52.0 Å². The Morgan fingerprint density at radius 1 is 0.958 bits per heavy atom. The highest BCUT2D eigenvalue weighted by Gasteiger charge is 2.24. The van der Waals surface area contributed by atoms with Crippen LogP contribution in [0.5, 0.6) is 0 Å². The van der Waals surface area contributed by atoms with E-state index < -0.39 is 6.10 Å². The average molecular weight is 324 g/mol. The molecule has 1 aliphatic rings. The molecule has 0 saturated carbocycles. The number of aliphatic hydroxyl groups excluding tert-OH is 2. The van der Waals surface area contributed by atoms with E-state index in [4.69, 9.17) is 0 Å². The number of β-amino-alcohol motifs (C(OH)–C–C–N with tert-alkyl or cyclic N) is 1. The molecule has 1 fully saturated rings. The fourth-order valence-electron chi connectivity index (χ4n) is 3.99. The number of benzene rings is 2. The number of nitrogens with zero attached hydrogens (tertiary/aromatic N) is 2. The van der Waals surface area contributed by atoms with E-state index in [0.717, 1.165) is 19.5 Å². The molecule has 2 atom stereocenters. The van der Waals surface area contributed by atoms with E-state index in [0.29, 0.717) is 19.0 Å². The van der Waals surface area contributed by atoms with Gasteiger partial charge in [0.2, 0.25) is 0 Å². The molecule has 2 unspecified atom stereocenters. The number of fused-ring (bicyclic) bond motifs is 3. The first kappa shape index (κ1) is 15.6. The molecule has 1 aromatic heterocycles. The maximum Gasteiger partial charge on any atom is 0.0845 e. The molecule has 1 saturated heterocycles. The molecule has 0 spiro atoms. The Balaban J connectivity index is 1.59. The Morgan fingerprint density at radius 2 is 1.58 bits per heavy atom. The van der Waals surface area contributed by atoms with Gasteiger partial charge in [0.1, 0.15) is 0 Å². The van der Waals surface area contributed by atoms with Crippen molar-refractivity contribution in [2.24, 2.45) is 5.92 Å². The second-order valence-electron chi connectivity index (χ2n) is 6.90. The molecule has 0 bridgehead atoms. The minimum Gasteiger partial charge on any atom is -0.396 e. The van der Waals surface area contributed by atoms with Gasteiger partial charge >= 0.3 is 0 Å². The normalized spacial score (nSPS) is 20.2. The lowest BCUT2D eigenvalue weighted by Crippen LogP contribution is -2.33. The van der Waals surface area contributed by atoms with Gasteiger partial charge in [-0.3, -0.25) is 0 Å². The first-order valence-electron chi connectivity index (χ1n) is 8.73. The zero-order valence-electron chi connectivity index (χ0n) is 13.8. The van der Waals surface area contributed by atoms with E-state index >= 15 is 0 Å². The molecule has 0 amide bonds. The van der Waals surface area contributed by atoms with Gasteiger partial charge in [0.05, 0.1) is 12.6 Å². The highest BCUT2D eigenvalue weighted by atomic mass is 16.3. The molecule has 24 heavy (non-hydrogen) atoms. The predicted molar refractivity (Wildman–Crippen MR) is 97.1 cm³/mol. The highest BCUT2D eigenvalue weighted by Crippen LogP contribution is 2.29. The van der Waals surface area contributed by atoms with Gasteiger partial charge in [-0.1, -0.05) is 36.4 Å². The van der Waals surface area contributed by atoms with E-state index in [-0.39, 0.29) is 6.61 Å². The summed E-state index contributed by atoms with van der Waals surface area (Å²) in [6, 6.07) is 16.8. The van der Waals surface area contributed by atoms with Crippen LogP contribution in [0.3, 0.4) is 0 Å². The summed E-state index contributed by atoms with van der Waals surface area (Å²) in [5.74, 6) is 0.366. The number of rotatable bonds is 5. The quantitative estimate of drug-likeness (QED) is 0.758. The van der Waals surface area contributed by atoms with Crippen LogP contribution in [0.2, 0.25) is 0 Å². The monoisotopic (exact) mass is 324 g/mol. The van der Waals surface area contributed by atoms with E-state index in [1.165, 1.54) is 21.8 Å². The van der Waals surface area contributed by atoms with Gasteiger partial charge in [0, 0.05) is 41.5 Å². The fraction of sp³-hybridized carbons (Fsp3) is 0.400. The van der Waals surface area contributed by atoms with Gasteiger partial charge < -0.3 is 19.7 Å². The fourth-order valence-corrected chi connectivity index (χ4v) is 3.99. The van der Waals surface area contributed by atoms with Crippen LogP contribution in [0.25, 0.3) is 21.8 Å². The third kappa shape index (κ3) is 2.81. The van der Waals surface area contributed by atoms with Gasteiger partial charge in [-0.25, -0.2) is 0 Å². The topological polar surface area (TPSA) is 48.6 Å². The molecule has 4 nitrogen and oxygen atoms in total. The van der Waals surface area contributed by atoms with Crippen molar-refractivity contribution in [3.63, 3.8) is 0 Å². The van der Waals surface area contributed by atoms with Crippen molar-refractivity contribution in [1.82, 2.24) is 9.47 Å². The maximum atomic E-state index is 10.6. The summed E-state index contributed by atoms with van der Waals surface area (Å²) in [5, 5.41) is 22.4. The van der Waals surface area contributed by atoms with Crippen molar-refractivity contribution in [3.05, 3.63) is 48.5 Å². The molecule has 0 radical (unpaired) electrons. The van der Waals surface area contributed by atoms with E-state index in [2.05, 4.69) is 58.0 Å². The Morgan fingerprint density at radius 3 is 2.17 bits per heavy atom. The van der Waals surface area contributed by atoms with E-state index in [9.17, 15) is 10.2 Å². The first-order chi connectivity index (χ1) is 11.8. The number of para-hydroxylation sites is 2. The summed E-state index contributed by atoms with van der Waals surface area (Å²) in [4.78, 5) is 2.26. The van der Waals surface area contributed by atoms with Crippen LogP contribution in [0, 0.1) is 5.92 Å². The molecular weight excluding hydrogens is 300 g/mol. The third-order valence-electron chi connectivity index (χ3n) is 5.17. The maximum absolute atomic E-state index is 10.6. The number of aromatic nitrogens is 1. The third-order valence-corrected chi connectivity index (χ3v) is 5.17. The summed E-state index contributed by atoms with van der Waals surface area (Å²) < 4.78 is 2.23. The largest absolute Gasteiger partial charge is 0.396 e. The number of likely N-dealkylation sites (tertiary alicyclic amines) is 1. The van der Waals surface area contributed by atoms with Crippen LogP contribution >= 0.6 is 0 Å². The van der Waals surface area contributed by atoms with Crippen molar-refractivity contribution in [1.29, 1.82) is 0 Å². The second-order valence-corrected chi connectivity index (χ2v) is 6.90. The Hall–Kier alpha value is -1.88. The van der Waals surface area contributed by atoms with Gasteiger partial charge in [-0.15, -0.1) is 0 Å². The molecule has 4 heteroatoms. The number of aliphatic hydroxyl groups is 2. The zero-order valence-corrected chi connectivity index (χ0v) is 13.8. The molecule has 0 aliphatic carbocycles. The van der Waals surface area contributed by atoms with E-state index in [1.807, 2.05) is 0 Å². The Kier molecular flexibility index (Phi) is 4.27. The summed E-state index contributed by atoms with van der Waals surface area (Å²) in [7, 11) is 0. The van der Waals surface area contributed by atoms with Crippen molar-refractivity contribution >= 4 is 21.8 Å². The van der Waals surface area contributed by atoms with Crippen LogP contribution < -0.4 is 0 Å². The molecule has 2 heterocycles. The lowest BCUT2D eigenvalue weighted by atomic mass is 10.1. The van der Waals surface area contributed by atoms with Crippen LogP contribution in [0.15, 0.2) is 48.5 Å². The first-order valence-corrected chi connectivity index (χ1v) is 8.73. The van der Waals surface area contributed by atoms with Crippen molar-refractivity contribution in [3.8, 4) is 0 Å². The van der Waals surface area contributed by atoms with E-state index in [1.54, 1.807) is 0 Å².